The number of carbonyl (C=O) groups excluding carboxylic acids is 2. The van der Waals surface area contributed by atoms with E-state index in [2.05, 4.69) is 20.7 Å². The minimum atomic E-state index is -3.30. The minimum absolute atomic E-state index is 0.0640. The van der Waals surface area contributed by atoms with Crippen LogP contribution in [-0.4, -0.2) is 56.6 Å². The average Bonchev–Trinajstić information content (AvgIpc) is 3.20. The topological polar surface area (TPSA) is 86.8 Å². The minimum Gasteiger partial charge on any atom is -0.341 e. The lowest BCUT2D eigenvalue weighted by Crippen LogP contribution is -2.41. The lowest BCUT2D eigenvalue weighted by Gasteiger charge is -2.21. The molecule has 1 aromatic carbocycles. The quantitative estimate of drug-likeness (QED) is 0.704. The monoisotopic (exact) mass is 457 g/mol. The van der Waals surface area contributed by atoms with Gasteiger partial charge >= 0.3 is 0 Å². The highest BCUT2D eigenvalue weighted by molar-refractivity contribution is 9.10. The van der Waals surface area contributed by atoms with Crippen LogP contribution in [0.1, 0.15) is 26.2 Å². The molecule has 0 bridgehead atoms. The molecule has 1 N–H and O–H groups in total. The number of rotatable bonds is 6. The molecule has 2 heterocycles. The van der Waals surface area contributed by atoms with E-state index in [9.17, 15) is 18.0 Å². The smallest absolute Gasteiger partial charge is 0.228 e. The molecule has 0 aromatic heterocycles. The number of halogens is 1. The Morgan fingerprint density at radius 2 is 2.11 bits per heavy atom. The molecule has 2 saturated heterocycles. The van der Waals surface area contributed by atoms with Crippen LogP contribution in [0.5, 0.6) is 0 Å². The van der Waals surface area contributed by atoms with E-state index in [0.717, 1.165) is 10.2 Å². The second-order valence-corrected chi connectivity index (χ2v) is 9.88. The Kier molecular flexibility index (Phi) is 6.22. The van der Waals surface area contributed by atoms with Crippen LogP contribution >= 0.6 is 15.9 Å². The lowest BCUT2D eigenvalue weighted by molar-refractivity contribution is -0.134. The predicted octanol–water partition coefficient (Wildman–Crippen LogP) is 1.73. The van der Waals surface area contributed by atoms with Gasteiger partial charge in [-0.3, -0.25) is 9.59 Å². The van der Waals surface area contributed by atoms with Gasteiger partial charge in [-0.1, -0.05) is 28.9 Å². The van der Waals surface area contributed by atoms with Gasteiger partial charge in [-0.25, -0.2) is 13.1 Å². The van der Waals surface area contributed by atoms with Crippen molar-refractivity contribution in [1.29, 1.82) is 0 Å². The number of sulfonamides is 1. The van der Waals surface area contributed by atoms with Crippen LogP contribution in [0.3, 0.4) is 0 Å². The lowest BCUT2D eigenvalue weighted by atomic mass is 10.1. The molecule has 0 radical (unpaired) electrons. The van der Waals surface area contributed by atoms with Crippen LogP contribution < -0.4 is 9.62 Å². The van der Waals surface area contributed by atoms with Crippen molar-refractivity contribution in [2.75, 3.05) is 30.3 Å². The maximum atomic E-state index is 12.8. The Bertz CT molecular complexity index is 830. The highest BCUT2D eigenvalue weighted by atomic mass is 79.9. The van der Waals surface area contributed by atoms with E-state index in [4.69, 9.17) is 0 Å². The Morgan fingerprint density at radius 1 is 1.33 bits per heavy atom. The Labute approximate surface area is 168 Å². The highest BCUT2D eigenvalue weighted by Crippen LogP contribution is 2.29. The van der Waals surface area contributed by atoms with Crippen LogP contribution in [0.4, 0.5) is 5.69 Å². The van der Waals surface area contributed by atoms with Crippen molar-refractivity contribution in [3.05, 3.63) is 28.7 Å². The fourth-order valence-electron chi connectivity index (χ4n) is 3.66. The summed E-state index contributed by atoms with van der Waals surface area (Å²) in [5.74, 6) is -0.428. The molecule has 7 nitrogen and oxygen atoms in total. The molecule has 3 rings (SSSR count). The van der Waals surface area contributed by atoms with Gasteiger partial charge in [0.15, 0.2) is 0 Å². The first kappa shape index (κ1) is 20.3. The van der Waals surface area contributed by atoms with Crippen molar-refractivity contribution in [3.63, 3.8) is 0 Å². The van der Waals surface area contributed by atoms with Crippen LogP contribution in [0.25, 0.3) is 0 Å². The number of anilines is 1. The predicted molar refractivity (Wildman–Crippen MR) is 107 cm³/mol. The van der Waals surface area contributed by atoms with E-state index in [0.29, 0.717) is 32.5 Å². The van der Waals surface area contributed by atoms with Crippen molar-refractivity contribution in [1.82, 2.24) is 9.62 Å². The Balaban J connectivity index is 1.60. The average molecular weight is 458 g/mol. The van der Waals surface area contributed by atoms with Crippen LogP contribution in [0.15, 0.2) is 28.7 Å². The van der Waals surface area contributed by atoms with Gasteiger partial charge in [-0.2, -0.15) is 0 Å². The van der Waals surface area contributed by atoms with Crippen molar-refractivity contribution < 1.29 is 18.0 Å². The summed E-state index contributed by atoms with van der Waals surface area (Å²) in [7, 11) is -3.30. The molecule has 1 aromatic rings. The summed E-state index contributed by atoms with van der Waals surface area (Å²) < 4.78 is 27.4. The SMILES string of the molecule is CCCS(=O)(=O)N[C@@H]1CCN(C(=O)[C@@H]2CC(=O)N(c3cccc(Br)c3)C2)C1. The summed E-state index contributed by atoms with van der Waals surface area (Å²) >= 11 is 3.40. The molecule has 148 valence electrons. The maximum Gasteiger partial charge on any atom is 0.228 e. The first-order chi connectivity index (χ1) is 12.8. The van der Waals surface area contributed by atoms with Crippen LogP contribution in [-0.2, 0) is 19.6 Å². The standard InChI is InChI=1S/C18H24BrN3O4S/c1-2-8-27(25,26)20-15-6-7-21(12-15)18(24)13-9-17(23)22(11-13)16-5-3-4-14(19)10-16/h3-5,10,13,15,20H,2,6-9,11-12H2,1H3/t13-,15-/m1/s1. The first-order valence-corrected chi connectivity index (χ1v) is 11.6. The molecule has 2 aliphatic heterocycles. The number of hydrogen-bond acceptors (Lipinski definition) is 4. The van der Waals surface area contributed by atoms with E-state index in [1.807, 2.05) is 31.2 Å². The molecule has 0 spiro atoms. The molecule has 2 atom stereocenters. The molecule has 0 aliphatic carbocycles. The summed E-state index contributed by atoms with van der Waals surface area (Å²) in [5, 5.41) is 0. The van der Waals surface area contributed by atoms with Gasteiger partial charge in [0.2, 0.25) is 21.8 Å². The van der Waals surface area contributed by atoms with E-state index >= 15 is 0 Å². The van der Waals surface area contributed by atoms with Crippen LogP contribution in [0, 0.1) is 5.92 Å². The molecule has 9 heteroatoms. The summed E-state index contributed by atoms with van der Waals surface area (Å²) in [4.78, 5) is 28.5. The largest absolute Gasteiger partial charge is 0.341 e. The number of hydrogen-bond donors (Lipinski definition) is 1. The third kappa shape index (κ3) is 4.89. The molecular weight excluding hydrogens is 434 g/mol. The fourth-order valence-corrected chi connectivity index (χ4v) is 5.41. The molecule has 2 aliphatic rings. The zero-order chi connectivity index (χ0) is 19.6. The van der Waals surface area contributed by atoms with Gasteiger partial charge in [0.05, 0.1) is 11.7 Å². The zero-order valence-electron chi connectivity index (χ0n) is 15.2. The first-order valence-electron chi connectivity index (χ1n) is 9.14. The van der Waals surface area contributed by atoms with Gasteiger partial charge in [0.25, 0.3) is 0 Å². The zero-order valence-corrected chi connectivity index (χ0v) is 17.6. The summed E-state index contributed by atoms with van der Waals surface area (Å²) in [6, 6.07) is 7.21. The van der Waals surface area contributed by atoms with Gasteiger partial charge in [0.1, 0.15) is 0 Å². The third-order valence-electron chi connectivity index (χ3n) is 4.91. The molecule has 0 saturated carbocycles. The van der Waals surface area contributed by atoms with Crippen molar-refractivity contribution in [2.24, 2.45) is 5.92 Å². The molecule has 27 heavy (non-hydrogen) atoms. The van der Waals surface area contributed by atoms with Crippen molar-refractivity contribution in [2.45, 2.75) is 32.2 Å². The normalized spacial score (nSPS) is 23.3. The molecule has 2 fully saturated rings. The number of nitrogens with zero attached hydrogens (tertiary/aromatic N) is 2. The molecule has 0 unspecified atom stereocenters. The number of amides is 2. The van der Waals surface area contributed by atoms with E-state index < -0.39 is 10.0 Å². The fraction of sp³-hybridized carbons (Fsp3) is 0.556. The Hall–Kier alpha value is -1.45. The second kappa shape index (κ2) is 8.28. The number of benzene rings is 1. The van der Waals surface area contributed by atoms with E-state index in [-0.39, 0.29) is 35.9 Å². The van der Waals surface area contributed by atoms with Crippen LogP contribution in [0.2, 0.25) is 0 Å². The summed E-state index contributed by atoms with van der Waals surface area (Å²) in [5.41, 5.74) is 0.774. The third-order valence-corrected chi connectivity index (χ3v) is 7.04. The van der Waals surface area contributed by atoms with Gasteiger partial charge in [0, 0.05) is 42.3 Å². The number of nitrogens with one attached hydrogen (secondary N) is 1. The van der Waals surface area contributed by atoms with E-state index in [1.165, 1.54) is 0 Å². The van der Waals surface area contributed by atoms with E-state index in [1.54, 1.807) is 9.80 Å². The molecular formula is C18H24BrN3O4S. The number of carbonyl (C=O) groups is 2. The Morgan fingerprint density at radius 3 is 2.81 bits per heavy atom. The van der Waals surface area contributed by atoms with Crippen molar-refractivity contribution in [3.8, 4) is 0 Å². The molecule has 2 amide bonds. The summed E-state index contributed by atoms with van der Waals surface area (Å²) in [6.45, 7) is 3.05. The highest BCUT2D eigenvalue weighted by Gasteiger charge is 2.39. The van der Waals surface area contributed by atoms with Gasteiger partial charge in [-0.15, -0.1) is 0 Å². The van der Waals surface area contributed by atoms with Gasteiger partial charge < -0.3 is 9.80 Å². The second-order valence-electron chi connectivity index (χ2n) is 7.09. The summed E-state index contributed by atoms with van der Waals surface area (Å²) in [6.07, 6.45) is 1.35. The maximum absolute atomic E-state index is 12.8. The van der Waals surface area contributed by atoms with Gasteiger partial charge in [-0.05, 0) is 31.0 Å². The number of likely N-dealkylation sites (tertiary alicyclic amines) is 1. The van der Waals surface area contributed by atoms with Crippen molar-refractivity contribution >= 4 is 43.5 Å².